The van der Waals surface area contributed by atoms with Crippen LogP contribution in [0, 0.1) is 5.92 Å². The first kappa shape index (κ1) is 35.3. The zero-order valence-electron chi connectivity index (χ0n) is 28.1. The van der Waals surface area contributed by atoms with Crippen LogP contribution in [-0.4, -0.2) is 71.8 Å². The minimum atomic E-state index is -0.963. The number of hydrogen-bond acceptors (Lipinski definition) is 7. The summed E-state index contributed by atoms with van der Waals surface area (Å²) in [4.78, 5) is 54.6. The van der Waals surface area contributed by atoms with E-state index in [1.165, 1.54) is 0 Å². The van der Waals surface area contributed by atoms with Crippen LogP contribution in [0.4, 0.5) is 4.79 Å². The lowest BCUT2D eigenvalue weighted by molar-refractivity contribution is -0.149. The highest BCUT2D eigenvalue weighted by Crippen LogP contribution is 2.44. The molecule has 3 aromatic carbocycles. The molecule has 2 aliphatic rings. The summed E-state index contributed by atoms with van der Waals surface area (Å²) in [5.41, 5.74) is 4.39. The van der Waals surface area contributed by atoms with Gasteiger partial charge in [-0.1, -0.05) is 91.0 Å². The summed E-state index contributed by atoms with van der Waals surface area (Å²) in [6.07, 6.45) is 3.86. The SMILES string of the molecule is CC1(C)COC(=O)[C@@H](NC(=O)OCC2c3ccccc3-c3ccccc32)CCC=CC[C@H](CC(=O)N(CCO)Cc2ccccc2)C(=O)N1. The molecular weight excluding hydrogens is 622 g/mol. The molecule has 3 amide bonds. The van der Waals surface area contributed by atoms with Gasteiger partial charge in [-0.2, -0.15) is 0 Å². The summed E-state index contributed by atoms with van der Waals surface area (Å²) in [5, 5.41) is 15.2. The van der Waals surface area contributed by atoms with Crippen LogP contribution >= 0.6 is 0 Å². The predicted octanol–water partition coefficient (Wildman–Crippen LogP) is 5.10. The van der Waals surface area contributed by atoms with E-state index in [9.17, 15) is 24.3 Å². The van der Waals surface area contributed by atoms with E-state index >= 15 is 0 Å². The molecule has 1 heterocycles. The molecule has 0 saturated carbocycles. The van der Waals surface area contributed by atoms with Gasteiger partial charge in [-0.3, -0.25) is 9.59 Å². The lowest BCUT2D eigenvalue weighted by Crippen LogP contribution is -2.51. The van der Waals surface area contributed by atoms with Gasteiger partial charge in [-0.25, -0.2) is 9.59 Å². The van der Waals surface area contributed by atoms with Crippen molar-refractivity contribution in [1.82, 2.24) is 15.5 Å². The maximum Gasteiger partial charge on any atom is 0.407 e. The first-order valence-corrected chi connectivity index (χ1v) is 16.8. The Kier molecular flexibility index (Phi) is 11.9. The maximum absolute atomic E-state index is 13.5. The molecule has 0 saturated heterocycles. The average molecular weight is 668 g/mol. The summed E-state index contributed by atoms with van der Waals surface area (Å²) in [6, 6.07) is 24.6. The second-order valence-electron chi connectivity index (χ2n) is 13.2. The molecule has 49 heavy (non-hydrogen) atoms. The first-order valence-electron chi connectivity index (χ1n) is 16.8. The number of nitrogens with zero attached hydrogens (tertiary/aromatic N) is 1. The molecule has 0 aromatic heterocycles. The van der Waals surface area contributed by atoms with Gasteiger partial charge in [0.2, 0.25) is 11.8 Å². The van der Waals surface area contributed by atoms with Crippen LogP contribution in [-0.2, 0) is 30.4 Å². The quantitative estimate of drug-likeness (QED) is 0.214. The lowest BCUT2D eigenvalue weighted by Gasteiger charge is -2.29. The highest BCUT2D eigenvalue weighted by Gasteiger charge is 2.33. The van der Waals surface area contributed by atoms with Crippen LogP contribution in [0.2, 0.25) is 0 Å². The number of carbonyl (C=O) groups excluding carboxylic acids is 4. The zero-order chi connectivity index (χ0) is 34.8. The number of benzene rings is 3. The summed E-state index contributed by atoms with van der Waals surface area (Å²) >= 11 is 0. The van der Waals surface area contributed by atoms with Crippen LogP contribution < -0.4 is 10.6 Å². The highest BCUT2D eigenvalue weighted by atomic mass is 16.6. The Hall–Kier alpha value is -4.96. The van der Waals surface area contributed by atoms with Gasteiger partial charge in [-0.15, -0.1) is 0 Å². The van der Waals surface area contributed by atoms with E-state index in [4.69, 9.17) is 9.47 Å². The number of fused-ring (bicyclic) bond motifs is 3. The van der Waals surface area contributed by atoms with Crippen molar-refractivity contribution in [3.63, 3.8) is 0 Å². The molecular formula is C39H45N3O7. The zero-order valence-corrected chi connectivity index (χ0v) is 28.1. The van der Waals surface area contributed by atoms with Crippen LogP contribution in [0.1, 0.15) is 62.1 Å². The normalized spacial score (nSPS) is 19.2. The summed E-state index contributed by atoms with van der Waals surface area (Å²) in [7, 11) is 0. The molecule has 0 fully saturated rings. The van der Waals surface area contributed by atoms with Gasteiger partial charge in [-0.05, 0) is 60.9 Å². The number of nitrogens with one attached hydrogen (secondary N) is 2. The number of alkyl carbamates (subject to hydrolysis) is 1. The predicted molar refractivity (Wildman–Crippen MR) is 185 cm³/mol. The molecule has 1 aliphatic carbocycles. The molecule has 0 bridgehead atoms. The van der Waals surface area contributed by atoms with Crippen molar-refractivity contribution in [3.8, 4) is 11.1 Å². The van der Waals surface area contributed by atoms with E-state index < -0.39 is 29.6 Å². The number of ether oxygens (including phenoxy) is 2. The number of carbonyl (C=O) groups is 4. The van der Waals surface area contributed by atoms with E-state index in [1.54, 1.807) is 18.7 Å². The van der Waals surface area contributed by atoms with E-state index in [2.05, 4.69) is 22.8 Å². The van der Waals surface area contributed by atoms with Crippen molar-refractivity contribution in [3.05, 3.63) is 108 Å². The standard InChI is InChI=1S/C39H45N3O7/c1-39(2)26-49-37(46)34(40-38(47)48-25-33-31-18-11-9-16-29(31)30-17-10-12-19-32(30)33)20-8-4-7-15-28(36(45)41-39)23-35(44)42(21-22-43)24-27-13-5-3-6-14-27/h3-7,9-14,16-19,28,33-34,43H,8,15,20-26H2,1-2H3,(H,40,47)(H,41,45)/t28-,34+/m1/s1. The van der Waals surface area contributed by atoms with Crippen molar-refractivity contribution in [1.29, 1.82) is 0 Å². The van der Waals surface area contributed by atoms with Crippen LogP contribution in [0.15, 0.2) is 91.0 Å². The molecule has 258 valence electrons. The lowest BCUT2D eigenvalue weighted by atomic mass is 9.96. The molecule has 10 nitrogen and oxygen atoms in total. The van der Waals surface area contributed by atoms with E-state index in [0.29, 0.717) is 19.4 Å². The van der Waals surface area contributed by atoms with Crippen molar-refractivity contribution in [2.75, 3.05) is 26.4 Å². The van der Waals surface area contributed by atoms with Crippen molar-refractivity contribution >= 4 is 23.9 Å². The van der Waals surface area contributed by atoms with Crippen LogP contribution in [0.5, 0.6) is 0 Å². The van der Waals surface area contributed by atoms with Crippen molar-refractivity contribution < 1.29 is 33.8 Å². The van der Waals surface area contributed by atoms with E-state index in [0.717, 1.165) is 27.8 Å². The van der Waals surface area contributed by atoms with Crippen LogP contribution in [0.25, 0.3) is 11.1 Å². The second kappa shape index (κ2) is 16.4. The number of hydrogen-bond donors (Lipinski definition) is 3. The number of allylic oxidation sites excluding steroid dienone is 2. The van der Waals surface area contributed by atoms with Crippen molar-refractivity contribution in [2.45, 2.75) is 63.6 Å². The number of amides is 3. The molecule has 3 N–H and O–H groups in total. The molecule has 2 atom stereocenters. The molecule has 0 radical (unpaired) electrons. The smallest absolute Gasteiger partial charge is 0.407 e. The monoisotopic (exact) mass is 667 g/mol. The fourth-order valence-electron chi connectivity index (χ4n) is 6.34. The van der Waals surface area contributed by atoms with Gasteiger partial charge in [0, 0.05) is 25.4 Å². The van der Waals surface area contributed by atoms with E-state index in [-0.39, 0.29) is 56.9 Å². The topological polar surface area (TPSA) is 134 Å². The Morgan fingerprint density at radius 1 is 0.959 bits per heavy atom. The first-order chi connectivity index (χ1) is 23.6. The molecule has 3 aromatic rings. The maximum atomic E-state index is 13.5. The number of aliphatic hydroxyl groups is 1. The summed E-state index contributed by atoms with van der Waals surface area (Å²) in [6.45, 7) is 3.71. The molecule has 0 spiro atoms. The second-order valence-corrected chi connectivity index (χ2v) is 13.2. The Bertz CT molecular complexity index is 1610. The van der Waals surface area contributed by atoms with Crippen LogP contribution in [0.3, 0.4) is 0 Å². The fourth-order valence-corrected chi connectivity index (χ4v) is 6.34. The van der Waals surface area contributed by atoms with Gasteiger partial charge in [0.25, 0.3) is 0 Å². The fraction of sp³-hybridized carbons (Fsp3) is 0.385. The average Bonchev–Trinajstić information content (AvgIpc) is 3.41. The van der Waals surface area contributed by atoms with Gasteiger partial charge in [0.1, 0.15) is 19.3 Å². The van der Waals surface area contributed by atoms with Gasteiger partial charge >= 0.3 is 12.1 Å². The Morgan fingerprint density at radius 3 is 2.29 bits per heavy atom. The number of esters is 1. The Balaban J connectivity index is 1.21. The van der Waals surface area contributed by atoms with Gasteiger partial charge in [0.15, 0.2) is 0 Å². The largest absolute Gasteiger partial charge is 0.462 e. The number of cyclic esters (lactones) is 1. The summed E-state index contributed by atoms with van der Waals surface area (Å²) in [5.74, 6) is -2.00. The summed E-state index contributed by atoms with van der Waals surface area (Å²) < 4.78 is 11.3. The Morgan fingerprint density at radius 2 is 1.61 bits per heavy atom. The number of aliphatic hydroxyl groups excluding tert-OH is 1. The third-order valence-electron chi connectivity index (χ3n) is 8.90. The third kappa shape index (κ3) is 9.35. The Labute approximate surface area is 287 Å². The van der Waals surface area contributed by atoms with Gasteiger partial charge in [0.05, 0.1) is 18.1 Å². The van der Waals surface area contributed by atoms with Crippen molar-refractivity contribution in [2.24, 2.45) is 5.92 Å². The highest BCUT2D eigenvalue weighted by molar-refractivity contribution is 5.86. The minimum Gasteiger partial charge on any atom is -0.462 e. The minimum absolute atomic E-state index is 0.0508. The molecule has 0 unspecified atom stereocenters. The van der Waals surface area contributed by atoms with Gasteiger partial charge < -0.3 is 30.1 Å². The molecule has 5 rings (SSSR count). The molecule has 10 heteroatoms. The van der Waals surface area contributed by atoms with E-state index in [1.807, 2.05) is 78.9 Å². The number of rotatable bonds is 9. The molecule has 1 aliphatic heterocycles. The third-order valence-corrected chi connectivity index (χ3v) is 8.90.